The highest BCUT2D eigenvalue weighted by Crippen LogP contribution is 2.75. The third kappa shape index (κ3) is 5.19. The number of ketones is 1. The van der Waals surface area contributed by atoms with Crippen LogP contribution in [0.5, 0.6) is 0 Å². The van der Waals surface area contributed by atoms with E-state index in [9.17, 15) is 19.5 Å². The molecule has 0 unspecified atom stereocenters. The molecule has 6 nitrogen and oxygen atoms in total. The van der Waals surface area contributed by atoms with Gasteiger partial charge in [-0.2, -0.15) is 0 Å². The van der Waals surface area contributed by atoms with Gasteiger partial charge >= 0.3 is 0 Å². The van der Waals surface area contributed by atoms with Crippen LogP contribution >= 0.6 is 0 Å². The summed E-state index contributed by atoms with van der Waals surface area (Å²) in [5.74, 6) is 0.529. The molecule has 5 aliphatic carbocycles. The van der Waals surface area contributed by atoms with E-state index in [1.807, 2.05) is 20.8 Å². The highest BCUT2D eigenvalue weighted by molar-refractivity contribution is 5.96. The molecule has 0 aromatic carbocycles. The van der Waals surface area contributed by atoms with Crippen molar-refractivity contribution in [2.24, 2.45) is 50.2 Å². The number of nitrogens with zero attached hydrogens (tertiary/aromatic N) is 1. The average molecular weight is 623 g/mol. The van der Waals surface area contributed by atoms with E-state index in [1.54, 1.807) is 11.0 Å². The fraction of sp³-hybridized carbons (Fsp3) is 0.821. The predicted molar refractivity (Wildman–Crippen MR) is 180 cm³/mol. The number of fused-ring (bicyclic) bond motifs is 7. The van der Waals surface area contributed by atoms with Crippen molar-refractivity contribution >= 4 is 17.6 Å². The number of carbonyl (C=O) groups excluding carboxylic acids is 3. The molecule has 0 saturated heterocycles. The predicted octanol–water partition coefficient (Wildman–Crippen LogP) is 7.26. The van der Waals surface area contributed by atoms with Crippen LogP contribution in [0.4, 0.5) is 0 Å². The third-order valence-electron chi connectivity index (χ3n) is 14.6. The van der Waals surface area contributed by atoms with Gasteiger partial charge in [-0.1, -0.05) is 60.1 Å². The molecule has 4 saturated carbocycles. The van der Waals surface area contributed by atoms with Gasteiger partial charge in [0.15, 0.2) is 5.78 Å². The number of hydrogen-bond acceptors (Lipinski definition) is 4. The molecule has 5 rings (SSSR count). The lowest BCUT2D eigenvalue weighted by atomic mass is 9.33. The number of nitrogens with one attached hydrogen (secondary N) is 1. The quantitative estimate of drug-likeness (QED) is 0.316. The zero-order valence-electron chi connectivity index (χ0n) is 30.1. The zero-order chi connectivity index (χ0) is 33.6. The van der Waals surface area contributed by atoms with Crippen LogP contribution in [0.15, 0.2) is 24.3 Å². The van der Waals surface area contributed by atoms with Crippen molar-refractivity contribution in [1.82, 2.24) is 10.2 Å². The number of allylic oxidation sites excluding steroid dienone is 2. The van der Waals surface area contributed by atoms with Crippen LogP contribution < -0.4 is 5.32 Å². The Bertz CT molecular complexity index is 1290. The van der Waals surface area contributed by atoms with Gasteiger partial charge in [-0.3, -0.25) is 14.4 Å². The monoisotopic (exact) mass is 622 g/mol. The number of hydrogen-bond donors (Lipinski definition) is 2. The van der Waals surface area contributed by atoms with E-state index in [4.69, 9.17) is 0 Å². The molecule has 6 heteroatoms. The molecule has 0 radical (unpaired) electrons. The largest absolute Gasteiger partial charge is 0.393 e. The number of carbonyl (C=O) groups is 3. The molecular formula is C39H62N2O4. The summed E-state index contributed by atoms with van der Waals surface area (Å²) in [4.78, 5) is 43.6. The van der Waals surface area contributed by atoms with Gasteiger partial charge < -0.3 is 15.3 Å². The van der Waals surface area contributed by atoms with E-state index < -0.39 is 5.41 Å². The third-order valence-corrected chi connectivity index (χ3v) is 14.6. The maximum absolute atomic E-state index is 14.6. The molecule has 4 fully saturated rings. The Kier molecular flexibility index (Phi) is 8.24. The Hall–Kier alpha value is -1.95. The smallest absolute Gasteiger partial charge is 0.240 e. The Morgan fingerprint density at radius 3 is 2.27 bits per heavy atom. The molecule has 0 aromatic rings. The molecule has 0 aromatic heterocycles. The minimum absolute atomic E-state index is 0.0170. The van der Waals surface area contributed by atoms with Gasteiger partial charge in [0.25, 0.3) is 0 Å². The highest BCUT2D eigenvalue weighted by Gasteiger charge is 2.70. The topological polar surface area (TPSA) is 86.7 Å². The molecule has 2 N–H and O–H groups in total. The molecule has 45 heavy (non-hydrogen) atoms. The fourth-order valence-electron chi connectivity index (χ4n) is 11.8. The van der Waals surface area contributed by atoms with E-state index in [1.165, 1.54) is 5.57 Å². The zero-order valence-corrected chi connectivity index (χ0v) is 30.1. The lowest BCUT2D eigenvalue weighted by Gasteiger charge is -2.70. The number of rotatable bonds is 5. The van der Waals surface area contributed by atoms with Crippen molar-refractivity contribution in [2.75, 3.05) is 13.1 Å². The molecule has 5 aliphatic rings. The molecule has 0 spiro atoms. The Morgan fingerprint density at radius 2 is 1.64 bits per heavy atom. The summed E-state index contributed by atoms with van der Waals surface area (Å²) in [6.45, 7) is 26.2. The van der Waals surface area contributed by atoms with Gasteiger partial charge in [0.1, 0.15) is 0 Å². The van der Waals surface area contributed by atoms with E-state index in [0.717, 1.165) is 51.4 Å². The first-order valence-electron chi connectivity index (χ1n) is 17.7. The van der Waals surface area contributed by atoms with E-state index in [-0.39, 0.29) is 74.7 Å². The van der Waals surface area contributed by atoms with Crippen LogP contribution in [0, 0.1) is 50.2 Å². The van der Waals surface area contributed by atoms with Gasteiger partial charge in [0, 0.05) is 23.4 Å². The Labute approximate surface area is 273 Å². The first kappa shape index (κ1) is 34.4. The lowest BCUT2D eigenvalue weighted by molar-refractivity contribution is -0.202. The maximum Gasteiger partial charge on any atom is 0.240 e. The van der Waals surface area contributed by atoms with Crippen molar-refractivity contribution in [3.05, 3.63) is 24.3 Å². The van der Waals surface area contributed by atoms with Crippen LogP contribution in [0.2, 0.25) is 0 Å². The molecule has 252 valence electrons. The fourth-order valence-corrected chi connectivity index (χ4v) is 11.8. The first-order valence-corrected chi connectivity index (χ1v) is 17.7. The summed E-state index contributed by atoms with van der Waals surface area (Å²) < 4.78 is 0. The molecule has 0 heterocycles. The standard InChI is InChI=1S/C39H62N2O4/c1-12-21-41(24-30(44)40-33(2,3)4)32(45)36(8)18-17-35(7)19-20-38(10)25(26(35)23-36)22-27(42)31-37(9)15-14-29(43)34(5,6)28(37)13-16-39(31,38)11/h12,22,26,28-29,31,43H,1,13-21,23-24H2,2-11H3,(H,40,44)/t26-,28-,29-,31+,35+,36-,37-,38+,39+/m0/s1. The summed E-state index contributed by atoms with van der Waals surface area (Å²) in [5.41, 5.74) is -0.319. The van der Waals surface area contributed by atoms with Gasteiger partial charge in [-0.15, -0.1) is 6.58 Å². The van der Waals surface area contributed by atoms with Crippen LogP contribution in [-0.4, -0.2) is 52.3 Å². The Morgan fingerprint density at radius 1 is 1.00 bits per heavy atom. The summed E-state index contributed by atoms with van der Waals surface area (Å²) in [6.07, 6.45) is 11.7. The van der Waals surface area contributed by atoms with Crippen molar-refractivity contribution in [2.45, 2.75) is 139 Å². The van der Waals surface area contributed by atoms with Crippen molar-refractivity contribution in [3.8, 4) is 0 Å². The first-order chi connectivity index (χ1) is 20.6. The number of aliphatic hydroxyl groups is 1. The van der Waals surface area contributed by atoms with Gasteiger partial charge in [-0.25, -0.2) is 0 Å². The normalized spacial score (nSPS) is 43.9. The molecule has 0 bridgehead atoms. The maximum atomic E-state index is 14.6. The SMILES string of the molecule is C=CCN(CC(=O)NC(C)(C)C)C(=O)[C@@]1(C)CC[C@]2(C)CC[C@]3(C)C(=CC(=O)[C@@H]4[C@@]5(C)CC[C@H](O)C(C)(C)[C@@H]5CC[C@]43C)[C@@H]2C1. The minimum atomic E-state index is -0.623. The van der Waals surface area contributed by atoms with E-state index in [2.05, 4.69) is 66.4 Å². The summed E-state index contributed by atoms with van der Waals surface area (Å²) in [5, 5.41) is 14.0. The van der Waals surface area contributed by atoms with Crippen LogP contribution in [0.3, 0.4) is 0 Å². The molecular weight excluding hydrogens is 560 g/mol. The Balaban J connectivity index is 1.50. The van der Waals surface area contributed by atoms with Gasteiger partial charge in [0.2, 0.25) is 11.8 Å². The highest BCUT2D eigenvalue weighted by atomic mass is 16.3. The second-order valence-corrected chi connectivity index (χ2v) is 18.9. The lowest BCUT2D eigenvalue weighted by Crippen LogP contribution is -2.66. The number of amides is 2. The average Bonchev–Trinajstić information content (AvgIpc) is 2.91. The van der Waals surface area contributed by atoms with Crippen LogP contribution in [0.1, 0.15) is 127 Å². The second kappa shape index (κ2) is 10.8. The summed E-state index contributed by atoms with van der Waals surface area (Å²) >= 11 is 0. The van der Waals surface area contributed by atoms with Gasteiger partial charge in [0.05, 0.1) is 12.6 Å². The second-order valence-electron chi connectivity index (χ2n) is 18.9. The van der Waals surface area contributed by atoms with Crippen LogP contribution in [0.25, 0.3) is 0 Å². The van der Waals surface area contributed by atoms with Crippen molar-refractivity contribution in [1.29, 1.82) is 0 Å². The summed E-state index contributed by atoms with van der Waals surface area (Å²) in [6, 6.07) is 0. The number of aliphatic hydroxyl groups excluding tert-OH is 1. The van der Waals surface area contributed by atoms with Crippen molar-refractivity contribution < 1.29 is 19.5 Å². The summed E-state index contributed by atoms with van der Waals surface area (Å²) in [7, 11) is 0. The molecule has 2 amide bonds. The molecule has 0 aliphatic heterocycles. The minimum Gasteiger partial charge on any atom is -0.393 e. The van der Waals surface area contributed by atoms with E-state index >= 15 is 0 Å². The van der Waals surface area contributed by atoms with Crippen LogP contribution in [-0.2, 0) is 14.4 Å². The molecule has 9 atom stereocenters. The van der Waals surface area contributed by atoms with Crippen molar-refractivity contribution in [3.63, 3.8) is 0 Å². The van der Waals surface area contributed by atoms with E-state index in [0.29, 0.717) is 18.9 Å². The van der Waals surface area contributed by atoms with Gasteiger partial charge in [-0.05, 0) is 124 Å².